The molecule has 0 spiro atoms. The number of nitrogens with one attached hydrogen (secondary N) is 2. The lowest BCUT2D eigenvalue weighted by Crippen LogP contribution is -2.28. The summed E-state index contributed by atoms with van der Waals surface area (Å²) in [6, 6.07) is 6.03. The summed E-state index contributed by atoms with van der Waals surface area (Å²) >= 11 is 0. The smallest absolute Gasteiger partial charge is 0.244 e. The number of sulfonamides is 1. The van der Waals surface area contributed by atoms with E-state index in [1.54, 1.807) is 19.1 Å². The predicted molar refractivity (Wildman–Crippen MR) is 89.8 cm³/mol. The molecule has 2 N–H and O–H groups in total. The molecular formula is C14H19N3O5S2. The maximum atomic E-state index is 11.9. The summed E-state index contributed by atoms with van der Waals surface area (Å²) in [6.45, 7) is 1.66. The minimum absolute atomic E-state index is 0.0230. The number of hydrazone groups is 1. The summed E-state index contributed by atoms with van der Waals surface area (Å²) in [6.07, 6.45) is 0.305. The van der Waals surface area contributed by atoms with Crippen molar-refractivity contribution in [2.45, 2.75) is 18.2 Å². The third-order valence-electron chi connectivity index (χ3n) is 3.79. The number of nitrogens with zero attached hydrogens (tertiary/aromatic N) is 1. The Kier molecular flexibility index (Phi) is 5.41. The first kappa shape index (κ1) is 18.6. The van der Waals surface area contributed by atoms with Gasteiger partial charge in [-0.15, -0.1) is 0 Å². The van der Waals surface area contributed by atoms with Crippen molar-refractivity contribution in [3.05, 3.63) is 29.8 Å². The van der Waals surface area contributed by atoms with Crippen molar-refractivity contribution in [3.63, 3.8) is 0 Å². The molecule has 0 unspecified atom stereocenters. The van der Waals surface area contributed by atoms with Crippen LogP contribution in [0.2, 0.25) is 0 Å². The quantitative estimate of drug-likeness (QED) is 0.550. The molecule has 132 valence electrons. The van der Waals surface area contributed by atoms with Crippen molar-refractivity contribution in [3.8, 4) is 0 Å². The van der Waals surface area contributed by atoms with E-state index < -0.39 is 31.7 Å². The van der Waals surface area contributed by atoms with Crippen LogP contribution < -0.4 is 10.1 Å². The van der Waals surface area contributed by atoms with Crippen molar-refractivity contribution < 1.29 is 21.6 Å². The molecule has 1 aromatic rings. The Hall–Kier alpha value is -1.78. The Morgan fingerprint density at radius 1 is 1.25 bits per heavy atom. The van der Waals surface area contributed by atoms with Crippen LogP contribution in [0, 0.1) is 5.92 Å². The molecule has 1 amide bonds. The van der Waals surface area contributed by atoms with Crippen molar-refractivity contribution in [1.29, 1.82) is 0 Å². The van der Waals surface area contributed by atoms with Crippen LogP contribution in [-0.4, -0.2) is 47.0 Å². The van der Waals surface area contributed by atoms with Gasteiger partial charge in [-0.2, -0.15) is 5.10 Å². The number of carbonyl (C=O) groups is 1. The van der Waals surface area contributed by atoms with Crippen LogP contribution >= 0.6 is 0 Å². The summed E-state index contributed by atoms with van der Waals surface area (Å²) < 4.78 is 48.3. The molecule has 2 rings (SSSR count). The summed E-state index contributed by atoms with van der Waals surface area (Å²) in [5.41, 5.74) is 3.50. The Balaban J connectivity index is 2.05. The molecule has 0 radical (unpaired) electrons. The van der Waals surface area contributed by atoms with Gasteiger partial charge in [0.1, 0.15) is 0 Å². The second-order valence-electron chi connectivity index (χ2n) is 5.51. The maximum Gasteiger partial charge on any atom is 0.244 e. The summed E-state index contributed by atoms with van der Waals surface area (Å²) in [4.78, 5) is 12.0. The van der Waals surface area contributed by atoms with Crippen LogP contribution in [-0.2, 0) is 24.7 Å². The van der Waals surface area contributed by atoms with Gasteiger partial charge in [-0.3, -0.25) is 4.79 Å². The van der Waals surface area contributed by atoms with Crippen molar-refractivity contribution in [2.75, 3.05) is 18.6 Å². The first-order chi connectivity index (χ1) is 11.1. The highest BCUT2D eigenvalue weighted by atomic mass is 32.2. The van der Waals surface area contributed by atoms with E-state index in [0.29, 0.717) is 17.7 Å². The van der Waals surface area contributed by atoms with Crippen LogP contribution in [0.3, 0.4) is 0 Å². The lowest BCUT2D eigenvalue weighted by Gasteiger charge is -2.07. The fraction of sp³-hybridized carbons (Fsp3) is 0.429. The number of hydrogen-bond donors (Lipinski definition) is 2. The highest BCUT2D eigenvalue weighted by molar-refractivity contribution is 7.91. The molecule has 24 heavy (non-hydrogen) atoms. The molecule has 8 nitrogen and oxygen atoms in total. The van der Waals surface area contributed by atoms with Gasteiger partial charge in [0.05, 0.1) is 28.0 Å². The van der Waals surface area contributed by atoms with Crippen LogP contribution in [0.4, 0.5) is 0 Å². The summed E-state index contributed by atoms with van der Waals surface area (Å²) in [5.74, 6) is -1.13. The van der Waals surface area contributed by atoms with E-state index in [4.69, 9.17) is 0 Å². The number of hydrogen-bond acceptors (Lipinski definition) is 6. The standard InChI is InChI=1S/C14H19N3O5S2/c1-10(11-3-5-13(6-4-11)24(21,22)15-2)16-17-14(18)12-7-8-23(19,20)9-12/h3-6,12,15H,7-9H2,1-2H3,(H,17,18)/b16-10-/t12-/m1/s1. The Labute approximate surface area is 141 Å². The van der Waals surface area contributed by atoms with Gasteiger partial charge >= 0.3 is 0 Å². The SMILES string of the molecule is CNS(=O)(=O)c1ccc(/C(C)=N\NC(=O)[C@@H]2CCS(=O)(=O)C2)cc1. The van der Waals surface area contributed by atoms with Crippen molar-refractivity contribution in [1.82, 2.24) is 10.1 Å². The summed E-state index contributed by atoms with van der Waals surface area (Å²) in [7, 11) is -5.30. The lowest BCUT2D eigenvalue weighted by atomic mass is 10.1. The van der Waals surface area contributed by atoms with E-state index in [0.717, 1.165) is 0 Å². The zero-order chi connectivity index (χ0) is 18.0. The van der Waals surface area contributed by atoms with E-state index in [1.165, 1.54) is 19.2 Å². The van der Waals surface area contributed by atoms with Crippen LogP contribution in [0.1, 0.15) is 18.9 Å². The lowest BCUT2D eigenvalue weighted by molar-refractivity contribution is -0.124. The second-order valence-corrected chi connectivity index (χ2v) is 9.62. The Morgan fingerprint density at radius 3 is 2.38 bits per heavy atom. The number of rotatable bonds is 5. The number of amides is 1. The molecule has 1 fully saturated rings. The maximum absolute atomic E-state index is 11.9. The monoisotopic (exact) mass is 373 g/mol. The molecule has 10 heteroatoms. The fourth-order valence-corrected chi connectivity index (χ4v) is 4.76. The second kappa shape index (κ2) is 6.99. The largest absolute Gasteiger partial charge is 0.273 e. The van der Waals surface area contributed by atoms with Gasteiger partial charge in [-0.25, -0.2) is 27.0 Å². The van der Waals surface area contributed by atoms with Crippen LogP contribution in [0.15, 0.2) is 34.3 Å². The van der Waals surface area contributed by atoms with Gasteiger partial charge in [0, 0.05) is 0 Å². The van der Waals surface area contributed by atoms with Gasteiger partial charge in [0.2, 0.25) is 15.9 Å². The van der Waals surface area contributed by atoms with E-state index in [9.17, 15) is 21.6 Å². The first-order valence-corrected chi connectivity index (χ1v) is 10.5. The molecule has 1 aromatic carbocycles. The molecule has 0 bridgehead atoms. The molecule has 1 saturated heterocycles. The average Bonchev–Trinajstić information content (AvgIpc) is 2.92. The van der Waals surface area contributed by atoms with Crippen LogP contribution in [0.5, 0.6) is 0 Å². The third-order valence-corrected chi connectivity index (χ3v) is 6.99. The van der Waals surface area contributed by atoms with E-state index >= 15 is 0 Å². The first-order valence-electron chi connectivity index (χ1n) is 7.23. The van der Waals surface area contributed by atoms with Crippen molar-refractivity contribution in [2.24, 2.45) is 11.0 Å². The number of benzene rings is 1. The van der Waals surface area contributed by atoms with Gasteiger partial charge in [0.25, 0.3) is 0 Å². The highest BCUT2D eigenvalue weighted by Gasteiger charge is 2.32. The van der Waals surface area contributed by atoms with E-state index in [-0.39, 0.29) is 16.4 Å². The van der Waals surface area contributed by atoms with E-state index in [2.05, 4.69) is 15.2 Å². The Bertz CT molecular complexity index is 858. The average molecular weight is 373 g/mol. The fourth-order valence-electron chi connectivity index (χ4n) is 2.29. The zero-order valence-corrected chi connectivity index (χ0v) is 14.9. The molecule has 1 atom stereocenters. The molecule has 0 aromatic heterocycles. The topological polar surface area (TPSA) is 122 Å². The summed E-state index contributed by atoms with van der Waals surface area (Å²) in [5, 5.41) is 3.96. The molecule has 0 aliphatic carbocycles. The number of sulfone groups is 1. The zero-order valence-electron chi connectivity index (χ0n) is 13.3. The van der Waals surface area contributed by atoms with Crippen LogP contribution in [0.25, 0.3) is 0 Å². The van der Waals surface area contributed by atoms with Gasteiger partial charge in [-0.1, -0.05) is 12.1 Å². The van der Waals surface area contributed by atoms with Gasteiger partial charge < -0.3 is 0 Å². The normalized spacial score (nSPS) is 20.8. The number of carbonyl (C=O) groups excluding carboxylic acids is 1. The predicted octanol–water partition coefficient (Wildman–Crippen LogP) is -0.130. The molecular weight excluding hydrogens is 354 g/mol. The molecule has 1 aliphatic rings. The molecule has 1 heterocycles. The minimum Gasteiger partial charge on any atom is -0.273 e. The minimum atomic E-state index is -3.51. The van der Waals surface area contributed by atoms with E-state index in [1.807, 2.05) is 0 Å². The highest BCUT2D eigenvalue weighted by Crippen LogP contribution is 2.18. The van der Waals surface area contributed by atoms with Gasteiger partial charge in [0.15, 0.2) is 9.84 Å². The molecule has 0 saturated carbocycles. The van der Waals surface area contributed by atoms with Crippen molar-refractivity contribution >= 4 is 31.5 Å². The van der Waals surface area contributed by atoms with Gasteiger partial charge in [-0.05, 0) is 38.1 Å². The third kappa shape index (κ3) is 4.40. The molecule has 1 aliphatic heterocycles. The Morgan fingerprint density at radius 2 is 1.88 bits per heavy atom.